The molecule has 0 bridgehead atoms. The van der Waals surface area contributed by atoms with Crippen molar-refractivity contribution in [2.45, 2.75) is 46.2 Å². The molecule has 0 aliphatic carbocycles. The fourth-order valence-corrected chi connectivity index (χ4v) is 1.55. The number of hydrogen-bond donors (Lipinski definition) is 1. The second kappa shape index (κ2) is 4.73. The van der Waals surface area contributed by atoms with Gasteiger partial charge in [0.1, 0.15) is 0 Å². The Bertz CT molecular complexity index is 93.7. The molecule has 0 aliphatic heterocycles. The van der Waals surface area contributed by atoms with Gasteiger partial charge in [0.2, 0.25) is 0 Å². The minimum atomic E-state index is -0.0660. The Labute approximate surface area is 70.8 Å². The van der Waals surface area contributed by atoms with Gasteiger partial charge in [0.05, 0.1) is 5.66 Å². The van der Waals surface area contributed by atoms with E-state index in [-0.39, 0.29) is 5.66 Å². The molecular weight excluding hydrogens is 136 g/mol. The lowest BCUT2D eigenvalue weighted by Crippen LogP contribution is -2.55. The van der Waals surface area contributed by atoms with Crippen molar-refractivity contribution in [3.8, 4) is 0 Å². The zero-order valence-electron chi connectivity index (χ0n) is 8.35. The Kier molecular flexibility index (Phi) is 4.69. The summed E-state index contributed by atoms with van der Waals surface area (Å²) in [5.41, 5.74) is 6.12. The summed E-state index contributed by atoms with van der Waals surface area (Å²) in [6.07, 6.45) is 2.07. The highest BCUT2D eigenvalue weighted by Crippen LogP contribution is 2.16. The van der Waals surface area contributed by atoms with Crippen LogP contribution in [-0.4, -0.2) is 23.7 Å². The molecule has 2 heteroatoms. The Morgan fingerprint density at radius 1 is 1.00 bits per heavy atom. The van der Waals surface area contributed by atoms with Crippen LogP contribution in [0.2, 0.25) is 0 Å². The number of hydrogen-bond acceptors (Lipinski definition) is 2. The van der Waals surface area contributed by atoms with Crippen LogP contribution in [0.4, 0.5) is 0 Å². The largest absolute Gasteiger partial charge is 0.313 e. The first-order valence-electron chi connectivity index (χ1n) is 4.68. The molecule has 0 heterocycles. The van der Waals surface area contributed by atoms with Gasteiger partial charge < -0.3 is 5.73 Å². The van der Waals surface area contributed by atoms with Gasteiger partial charge in [-0.2, -0.15) is 0 Å². The van der Waals surface area contributed by atoms with E-state index in [1.807, 2.05) is 0 Å². The van der Waals surface area contributed by atoms with Crippen molar-refractivity contribution in [2.75, 3.05) is 13.1 Å². The third-order valence-electron chi connectivity index (χ3n) is 2.62. The zero-order chi connectivity index (χ0) is 8.91. The van der Waals surface area contributed by atoms with Gasteiger partial charge in [-0.1, -0.05) is 27.7 Å². The SMILES string of the molecule is CCN(CC)C(N)(CC)CC. The van der Waals surface area contributed by atoms with E-state index in [1.54, 1.807) is 0 Å². The summed E-state index contributed by atoms with van der Waals surface area (Å²) in [4.78, 5) is 2.33. The minimum Gasteiger partial charge on any atom is -0.313 e. The molecule has 11 heavy (non-hydrogen) atoms. The number of rotatable bonds is 5. The summed E-state index contributed by atoms with van der Waals surface area (Å²) in [7, 11) is 0. The highest BCUT2D eigenvalue weighted by Gasteiger charge is 2.25. The van der Waals surface area contributed by atoms with Crippen molar-refractivity contribution in [3.63, 3.8) is 0 Å². The predicted octanol–water partition coefficient (Wildman–Crippen LogP) is 1.80. The van der Waals surface area contributed by atoms with Crippen molar-refractivity contribution in [1.82, 2.24) is 4.90 Å². The fraction of sp³-hybridized carbons (Fsp3) is 1.00. The standard InChI is InChI=1S/C9H22N2/c1-5-9(10,6-2)11(7-3)8-4/h5-8,10H2,1-4H3. The van der Waals surface area contributed by atoms with Crippen molar-refractivity contribution in [2.24, 2.45) is 5.73 Å². The van der Waals surface area contributed by atoms with Crippen LogP contribution >= 0.6 is 0 Å². The van der Waals surface area contributed by atoms with Gasteiger partial charge in [-0.15, -0.1) is 0 Å². The summed E-state index contributed by atoms with van der Waals surface area (Å²) in [6.45, 7) is 10.7. The van der Waals surface area contributed by atoms with Crippen LogP contribution < -0.4 is 5.73 Å². The van der Waals surface area contributed by atoms with Gasteiger partial charge in [0.15, 0.2) is 0 Å². The van der Waals surface area contributed by atoms with Crippen LogP contribution in [0.15, 0.2) is 0 Å². The van der Waals surface area contributed by atoms with Gasteiger partial charge in [0.25, 0.3) is 0 Å². The smallest absolute Gasteiger partial charge is 0.0681 e. The quantitative estimate of drug-likeness (QED) is 0.618. The molecule has 0 amide bonds. The molecule has 0 spiro atoms. The molecule has 0 saturated heterocycles. The third kappa shape index (κ3) is 2.46. The van der Waals surface area contributed by atoms with Crippen LogP contribution in [0.5, 0.6) is 0 Å². The Hall–Kier alpha value is -0.0800. The van der Waals surface area contributed by atoms with Crippen molar-refractivity contribution >= 4 is 0 Å². The summed E-state index contributed by atoms with van der Waals surface area (Å²) in [5, 5.41) is 0. The van der Waals surface area contributed by atoms with E-state index in [2.05, 4.69) is 32.6 Å². The van der Waals surface area contributed by atoms with E-state index in [9.17, 15) is 0 Å². The highest BCUT2D eigenvalue weighted by atomic mass is 15.3. The first-order valence-corrected chi connectivity index (χ1v) is 4.68. The topological polar surface area (TPSA) is 29.3 Å². The highest BCUT2D eigenvalue weighted by molar-refractivity contribution is 4.80. The lowest BCUT2D eigenvalue weighted by Gasteiger charge is -2.38. The van der Waals surface area contributed by atoms with Crippen LogP contribution in [0.3, 0.4) is 0 Å². The van der Waals surface area contributed by atoms with Gasteiger partial charge in [-0.25, -0.2) is 0 Å². The molecule has 2 N–H and O–H groups in total. The maximum Gasteiger partial charge on any atom is 0.0681 e. The van der Waals surface area contributed by atoms with Crippen LogP contribution in [0.25, 0.3) is 0 Å². The maximum absolute atomic E-state index is 6.19. The molecule has 0 aromatic carbocycles. The first-order chi connectivity index (χ1) is 5.14. The zero-order valence-corrected chi connectivity index (χ0v) is 8.35. The molecule has 0 radical (unpaired) electrons. The summed E-state index contributed by atoms with van der Waals surface area (Å²) in [5.74, 6) is 0. The van der Waals surface area contributed by atoms with Crippen molar-refractivity contribution in [3.05, 3.63) is 0 Å². The molecule has 2 nitrogen and oxygen atoms in total. The van der Waals surface area contributed by atoms with Crippen LogP contribution in [-0.2, 0) is 0 Å². The van der Waals surface area contributed by atoms with E-state index in [0.29, 0.717) is 0 Å². The van der Waals surface area contributed by atoms with E-state index < -0.39 is 0 Å². The molecule has 0 aliphatic rings. The summed E-state index contributed by atoms with van der Waals surface area (Å²) >= 11 is 0. The monoisotopic (exact) mass is 158 g/mol. The molecule has 0 rings (SSSR count). The van der Waals surface area contributed by atoms with Gasteiger partial charge >= 0.3 is 0 Å². The molecule has 0 aromatic rings. The minimum absolute atomic E-state index is 0.0660. The lowest BCUT2D eigenvalue weighted by atomic mass is 10.0. The van der Waals surface area contributed by atoms with Crippen LogP contribution in [0.1, 0.15) is 40.5 Å². The molecule has 0 atom stereocenters. The van der Waals surface area contributed by atoms with Gasteiger partial charge in [-0.3, -0.25) is 4.90 Å². The molecule has 0 aromatic heterocycles. The maximum atomic E-state index is 6.19. The third-order valence-corrected chi connectivity index (χ3v) is 2.62. The Morgan fingerprint density at radius 2 is 1.36 bits per heavy atom. The van der Waals surface area contributed by atoms with Crippen molar-refractivity contribution in [1.29, 1.82) is 0 Å². The summed E-state index contributed by atoms with van der Waals surface area (Å²) < 4.78 is 0. The Morgan fingerprint density at radius 3 is 1.45 bits per heavy atom. The van der Waals surface area contributed by atoms with Gasteiger partial charge in [0, 0.05) is 0 Å². The fourth-order valence-electron chi connectivity index (χ4n) is 1.55. The average molecular weight is 158 g/mol. The molecular formula is C9H22N2. The molecule has 0 unspecified atom stereocenters. The van der Waals surface area contributed by atoms with Crippen molar-refractivity contribution < 1.29 is 0 Å². The predicted molar refractivity (Wildman–Crippen MR) is 50.4 cm³/mol. The molecule has 0 saturated carbocycles. The van der Waals surface area contributed by atoms with E-state index in [0.717, 1.165) is 25.9 Å². The molecule has 0 fully saturated rings. The first kappa shape index (κ1) is 10.9. The lowest BCUT2D eigenvalue weighted by molar-refractivity contribution is 0.0957. The normalized spacial score (nSPS) is 12.5. The second-order valence-electron chi connectivity index (χ2n) is 2.98. The Balaban J connectivity index is 4.19. The van der Waals surface area contributed by atoms with E-state index in [1.165, 1.54) is 0 Å². The van der Waals surface area contributed by atoms with E-state index in [4.69, 9.17) is 5.73 Å². The van der Waals surface area contributed by atoms with Crippen LogP contribution in [0, 0.1) is 0 Å². The number of nitrogens with two attached hydrogens (primary N) is 1. The molecule has 68 valence electrons. The average Bonchev–Trinajstić information content (AvgIpc) is 2.06. The number of nitrogens with zero attached hydrogens (tertiary/aromatic N) is 1. The summed E-state index contributed by atoms with van der Waals surface area (Å²) in [6, 6.07) is 0. The van der Waals surface area contributed by atoms with Gasteiger partial charge in [-0.05, 0) is 25.9 Å². The van der Waals surface area contributed by atoms with E-state index >= 15 is 0 Å². The second-order valence-corrected chi connectivity index (χ2v) is 2.98.